The molecule has 1 aliphatic rings. The van der Waals surface area contributed by atoms with Gasteiger partial charge in [0.15, 0.2) is 0 Å². The quantitative estimate of drug-likeness (QED) is 0.551. The van der Waals surface area contributed by atoms with Crippen molar-refractivity contribution in [2.75, 3.05) is 26.2 Å². The number of likely N-dealkylation sites (tertiary alicyclic amines) is 1. The Balaban J connectivity index is 1.79. The lowest BCUT2D eigenvalue weighted by Gasteiger charge is -2.20. The minimum Gasteiger partial charge on any atom is -0.493 e. The largest absolute Gasteiger partial charge is 0.493 e. The van der Waals surface area contributed by atoms with Crippen LogP contribution in [0.2, 0.25) is 0 Å². The van der Waals surface area contributed by atoms with Gasteiger partial charge in [0.05, 0.1) is 6.61 Å². The number of hydrogen-bond acceptors (Lipinski definition) is 2. The van der Waals surface area contributed by atoms with E-state index >= 15 is 0 Å². The van der Waals surface area contributed by atoms with E-state index in [4.69, 9.17) is 4.74 Å². The molecule has 0 saturated carbocycles. The SMILES string of the molecule is CC(C)c1cccc(C(C)C)c1OCCCCCN1CCCC1. The molecule has 0 aliphatic carbocycles. The Hall–Kier alpha value is -1.02. The number of hydrogen-bond donors (Lipinski definition) is 0. The molecule has 2 heteroatoms. The van der Waals surface area contributed by atoms with Crippen LogP contribution in [-0.2, 0) is 0 Å². The normalized spacial score (nSPS) is 15.7. The molecule has 0 amide bonds. The molecule has 1 heterocycles. The van der Waals surface area contributed by atoms with Gasteiger partial charge in [-0.2, -0.15) is 0 Å². The van der Waals surface area contributed by atoms with Crippen molar-refractivity contribution in [3.63, 3.8) is 0 Å². The first-order valence-electron chi connectivity index (χ1n) is 9.57. The van der Waals surface area contributed by atoms with Crippen LogP contribution in [0.3, 0.4) is 0 Å². The second-order valence-electron chi connectivity index (χ2n) is 7.53. The van der Waals surface area contributed by atoms with Gasteiger partial charge in [-0.1, -0.05) is 45.9 Å². The molecule has 0 bridgehead atoms. The summed E-state index contributed by atoms with van der Waals surface area (Å²) in [6, 6.07) is 6.62. The third kappa shape index (κ3) is 5.53. The summed E-state index contributed by atoms with van der Waals surface area (Å²) in [5.74, 6) is 2.18. The van der Waals surface area contributed by atoms with Gasteiger partial charge in [0, 0.05) is 0 Å². The number of nitrogens with zero attached hydrogens (tertiary/aromatic N) is 1. The summed E-state index contributed by atoms with van der Waals surface area (Å²) in [6.07, 6.45) is 6.54. The maximum atomic E-state index is 6.25. The van der Waals surface area contributed by atoms with Crippen LogP contribution in [0.25, 0.3) is 0 Å². The van der Waals surface area contributed by atoms with Crippen LogP contribution in [0.15, 0.2) is 18.2 Å². The smallest absolute Gasteiger partial charge is 0.126 e. The minimum absolute atomic E-state index is 0.513. The van der Waals surface area contributed by atoms with Crippen molar-refractivity contribution in [3.05, 3.63) is 29.3 Å². The lowest BCUT2D eigenvalue weighted by Crippen LogP contribution is -2.20. The molecule has 1 aromatic rings. The molecule has 1 fully saturated rings. The molecular formula is C21H35NO. The second kappa shape index (κ2) is 9.32. The highest BCUT2D eigenvalue weighted by atomic mass is 16.5. The fourth-order valence-corrected chi connectivity index (χ4v) is 3.44. The third-order valence-corrected chi connectivity index (χ3v) is 4.88. The molecule has 0 N–H and O–H groups in total. The fraction of sp³-hybridized carbons (Fsp3) is 0.714. The van der Waals surface area contributed by atoms with Crippen LogP contribution in [-0.4, -0.2) is 31.1 Å². The molecule has 0 unspecified atom stereocenters. The molecule has 1 aromatic carbocycles. The summed E-state index contributed by atoms with van der Waals surface area (Å²) >= 11 is 0. The molecule has 0 aromatic heterocycles. The maximum absolute atomic E-state index is 6.25. The van der Waals surface area contributed by atoms with E-state index in [9.17, 15) is 0 Å². The molecular weight excluding hydrogens is 282 g/mol. The van der Waals surface area contributed by atoms with Crippen molar-refractivity contribution in [2.24, 2.45) is 0 Å². The van der Waals surface area contributed by atoms with Gasteiger partial charge in [-0.05, 0) is 74.7 Å². The molecule has 2 nitrogen and oxygen atoms in total. The summed E-state index contributed by atoms with van der Waals surface area (Å²) in [5.41, 5.74) is 2.71. The first kappa shape index (κ1) is 18.3. The van der Waals surface area contributed by atoms with Crippen LogP contribution < -0.4 is 4.74 Å². The van der Waals surface area contributed by atoms with Gasteiger partial charge >= 0.3 is 0 Å². The first-order valence-corrected chi connectivity index (χ1v) is 9.57. The Labute approximate surface area is 143 Å². The van der Waals surface area contributed by atoms with Crippen molar-refractivity contribution < 1.29 is 4.74 Å². The van der Waals surface area contributed by atoms with Crippen molar-refractivity contribution in [3.8, 4) is 5.75 Å². The van der Waals surface area contributed by atoms with Crippen molar-refractivity contribution >= 4 is 0 Å². The van der Waals surface area contributed by atoms with Gasteiger partial charge in [0.25, 0.3) is 0 Å². The Morgan fingerprint density at radius 3 is 2.09 bits per heavy atom. The van der Waals surface area contributed by atoms with Crippen LogP contribution in [0.4, 0.5) is 0 Å². The van der Waals surface area contributed by atoms with Crippen molar-refractivity contribution in [1.29, 1.82) is 0 Å². The molecule has 0 atom stereocenters. The average Bonchev–Trinajstić information content (AvgIpc) is 3.03. The molecule has 0 spiro atoms. The van der Waals surface area contributed by atoms with E-state index in [2.05, 4.69) is 50.8 Å². The Bertz CT molecular complexity index is 435. The first-order chi connectivity index (χ1) is 11.1. The molecule has 1 saturated heterocycles. The average molecular weight is 318 g/mol. The maximum Gasteiger partial charge on any atom is 0.126 e. The predicted octanol–water partition coefficient (Wildman–Crippen LogP) is 5.58. The number of unbranched alkanes of at least 4 members (excludes halogenated alkanes) is 2. The topological polar surface area (TPSA) is 12.5 Å². The summed E-state index contributed by atoms with van der Waals surface area (Å²) < 4.78 is 6.25. The van der Waals surface area contributed by atoms with E-state index in [-0.39, 0.29) is 0 Å². The standard InChI is InChI=1S/C21H35NO/c1-17(2)19-11-10-12-20(18(3)4)21(19)23-16-9-5-6-13-22-14-7-8-15-22/h10-12,17-18H,5-9,13-16H2,1-4H3. The van der Waals surface area contributed by atoms with E-state index in [1.807, 2.05) is 0 Å². The van der Waals surface area contributed by atoms with Crippen molar-refractivity contribution in [2.45, 2.75) is 71.6 Å². The molecule has 2 rings (SSSR count). The Morgan fingerprint density at radius 2 is 1.52 bits per heavy atom. The van der Waals surface area contributed by atoms with E-state index in [0.717, 1.165) is 18.8 Å². The highest BCUT2D eigenvalue weighted by molar-refractivity contribution is 5.44. The number of ether oxygens (including phenoxy) is 1. The highest BCUT2D eigenvalue weighted by Gasteiger charge is 2.15. The highest BCUT2D eigenvalue weighted by Crippen LogP contribution is 2.34. The predicted molar refractivity (Wildman–Crippen MR) is 99.6 cm³/mol. The molecule has 130 valence electrons. The zero-order valence-corrected chi connectivity index (χ0v) is 15.6. The van der Waals surface area contributed by atoms with Crippen LogP contribution >= 0.6 is 0 Å². The van der Waals surface area contributed by atoms with Gasteiger partial charge in [-0.25, -0.2) is 0 Å². The number of benzene rings is 1. The van der Waals surface area contributed by atoms with Crippen LogP contribution in [0.5, 0.6) is 5.75 Å². The molecule has 1 aliphatic heterocycles. The lowest BCUT2D eigenvalue weighted by atomic mass is 9.94. The van der Waals surface area contributed by atoms with Crippen LogP contribution in [0.1, 0.15) is 82.8 Å². The monoisotopic (exact) mass is 317 g/mol. The van der Waals surface area contributed by atoms with Crippen molar-refractivity contribution in [1.82, 2.24) is 4.90 Å². The zero-order valence-electron chi connectivity index (χ0n) is 15.6. The Kier molecular flexibility index (Phi) is 7.42. The summed E-state index contributed by atoms with van der Waals surface area (Å²) in [4.78, 5) is 2.60. The number of para-hydroxylation sites is 1. The zero-order chi connectivity index (χ0) is 16.7. The van der Waals surface area contributed by atoms with Gasteiger partial charge in [-0.15, -0.1) is 0 Å². The molecule has 0 radical (unpaired) electrons. The van der Waals surface area contributed by atoms with E-state index in [0.29, 0.717) is 11.8 Å². The van der Waals surface area contributed by atoms with Crippen LogP contribution in [0, 0.1) is 0 Å². The van der Waals surface area contributed by atoms with Gasteiger partial charge < -0.3 is 9.64 Å². The van der Waals surface area contributed by atoms with Gasteiger partial charge in [0.2, 0.25) is 0 Å². The molecule has 23 heavy (non-hydrogen) atoms. The van der Waals surface area contributed by atoms with E-state index < -0.39 is 0 Å². The van der Waals surface area contributed by atoms with Gasteiger partial charge in [0.1, 0.15) is 5.75 Å². The fourth-order valence-electron chi connectivity index (χ4n) is 3.44. The van der Waals surface area contributed by atoms with Gasteiger partial charge in [-0.3, -0.25) is 0 Å². The van der Waals surface area contributed by atoms with E-state index in [1.54, 1.807) is 0 Å². The lowest BCUT2D eigenvalue weighted by molar-refractivity contribution is 0.285. The summed E-state index contributed by atoms with van der Waals surface area (Å²) in [7, 11) is 0. The number of rotatable bonds is 9. The summed E-state index contributed by atoms with van der Waals surface area (Å²) in [5, 5.41) is 0. The van der Waals surface area contributed by atoms with E-state index in [1.165, 1.54) is 56.4 Å². The Morgan fingerprint density at radius 1 is 0.913 bits per heavy atom. The second-order valence-corrected chi connectivity index (χ2v) is 7.53. The third-order valence-electron chi connectivity index (χ3n) is 4.88. The summed E-state index contributed by atoms with van der Waals surface area (Å²) in [6.45, 7) is 13.8. The minimum atomic E-state index is 0.513.